The maximum atomic E-state index is 12.6. The maximum Gasteiger partial charge on any atom is 0.229 e. The summed E-state index contributed by atoms with van der Waals surface area (Å²) >= 11 is 0. The van der Waals surface area contributed by atoms with Gasteiger partial charge in [-0.25, -0.2) is 4.98 Å². The van der Waals surface area contributed by atoms with Crippen molar-refractivity contribution in [3.8, 4) is 5.75 Å². The first kappa shape index (κ1) is 16.6. The van der Waals surface area contributed by atoms with E-state index in [2.05, 4.69) is 15.3 Å². The molecule has 0 saturated carbocycles. The molecule has 4 rings (SSSR count). The number of para-hydroxylation sites is 2. The molecular weight excluding hydrogens is 330 g/mol. The minimum atomic E-state index is -0.0206. The predicted octanol–water partition coefficient (Wildman–Crippen LogP) is 2.16. The van der Waals surface area contributed by atoms with E-state index in [1.807, 2.05) is 24.3 Å². The number of nitrogens with two attached hydrogens (primary N) is 1. The second-order valence-corrected chi connectivity index (χ2v) is 6.78. The molecular formula is C19H23N5O2. The largest absolute Gasteiger partial charge is 0.495 e. The highest BCUT2D eigenvalue weighted by molar-refractivity contribution is 5.98. The molecule has 2 aliphatic rings. The minimum absolute atomic E-state index is 0.0206. The smallest absolute Gasteiger partial charge is 0.229 e. The normalized spacial score (nSPS) is 19.3. The fourth-order valence-electron chi connectivity index (χ4n) is 3.82. The molecule has 1 fully saturated rings. The summed E-state index contributed by atoms with van der Waals surface area (Å²) < 4.78 is 5.40. The van der Waals surface area contributed by atoms with Gasteiger partial charge >= 0.3 is 0 Å². The van der Waals surface area contributed by atoms with Gasteiger partial charge in [-0.1, -0.05) is 12.1 Å². The molecule has 1 unspecified atom stereocenters. The number of benzene rings is 1. The lowest BCUT2D eigenvalue weighted by molar-refractivity contribution is -0.117. The SMILES string of the molecule is COc1ccccc1N1CC(Nc2nc(N)nc3c2CCCC3)CC1=O. The van der Waals surface area contributed by atoms with E-state index in [9.17, 15) is 4.79 Å². The lowest BCUT2D eigenvalue weighted by Crippen LogP contribution is -2.29. The molecule has 136 valence electrons. The van der Waals surface area contributed by atoms with Crippen LogP contribution >= 0.6 is 0 Å². The number of nitrogens with zero attached hydrogens (tertiary/aromatic N) is 3. The molecule has 1 saturated heterocycles. The number of aryl methyl sites for hydroxylation is 1. The number of carbonyl (C=O) groups is 1. The van der Waals surface area contributed by atoms with Gasteiger partial charge in [0.2, 0.25) is 11.9 Å². The number of hydrogen-bond acceptors (Lipinski definition) is 6. The van der Waals surface area contributed by atoms with Gasteiger partial charge < -0.3 is 20.7 Å². The van der Waals surface area contributed by atoms with Crippen molar-refractivity contribution in [2.75, 3.05) is 29.6 Å². The Morgan fingerprint density at radius 2 is 2.04 bits per heavy atom. The zero-order chi connectivity index (χ0) is 18.1. The number of anilines is 3. The van der Waals surface area contributed by atoms with E-state index in [0.29, 0.717) is 24.7 Å². The van der Waals surface area contributed by atoms with Gasteiger partial charge in [0, 0.05) is 18.5 Å². The number of carbonyl (C=O) groups excluding carboxylic acids is 1. The Labute approximate surface area is 152 Å². The fourth-order valence-corrected chi connectivity index (χ4v) is 3.82. The second kappa shape index (κ2) is 6.82. The van der Waals surface area contributed by atoms with Gasteiger partial charge in [0.1, 0.15) is 11.6 Å². The molecule has 26 heavy (non-hydrogen) atoms. The van der Waals surface area contributed by atoms with Crippen LogP contribution in [0.3, 0.4) is 0 Å². The van der Waals surface area contributed by atoms with Crippen molar-refractivity contribution >= 4 is 23.4 Å². The van der Waals surface area contributed by atoms with E-state index in [-0.39, 0.29) is 11.9 Å². The average Bonchev–Trinajstić information content (AvgIpc) is 3.01. The third kappa shape index (κ3) is 3.05. The van der Waals surface area contributed by atoms with E-state index in [1.54, 1.807) is 12.0 Å². The van der Waals surface area contributed by atoms with Crippen LogP contribution in [0.1, 0.15) is 30.5 Å². The molecule has 0 bridgehead atoms. The molecule has 7 nitrogen and oxygen atoms in total. The lowest BCUT2D eigenvalue weighted by atomic mass is 9.96. The minimum Gasteiger partial charge on any atom is -0.495 e. The zero-order valence-corrected chi connectivity index (χ0v) is 14.9. The lowest BCUT2D eigenvalue weighted by Gasteiger charge is -2.22. The summed E-state index contributed by atoms with van der Waals surface area (Å²) in [6.07, 6.45) is 4.57. The molecule has 1 atom stereocenters. The number of ether oxygens (including phenoxy) is 1. The van der Waals surface area contributed by atoms with Crippen molar-refractivity contribution in [2.24, 2.45) is 0 Å². The van der Waals surface area contributed by atoms with Gasteiger partial charge in [0.25, 0.3) is 0 Å². The van der Waals surface area contributed by atoms with Gasteiger partial charge in [-0.15, -0.1) is 0 Å². The van der Waals surface area contributed by atoms with Gasteiger partial charge in [-0.05, 0) is 37.8 Å². The average molecular weight is 353 g/mol. The molecule has 1 aromatic heterocycles. The summed E-state index contributed by atoms with van der Waals surface area (Å²) in [6, 6.07) is 7.56. The third-order valence-electron chi connectivity index (χ3n) is 5.04. The highest BCUT2D eigenvalue weighted by atomic mass is 16.5. The van der Waals surface area contributed by atoms with Gasteiger partial charge in [-0.2, -0.15) is 4.98 Å². The van der Waals surface area contributed by atoms with Gasteiger partial charge in [-0.3, -0.25) is 4.79 Å². The molecule has 2 aromatic rings. The first-order valence-electron chi connectivity index (χ1n) is 9.01. The molecule has 1 aliphatic carbocycles. The molecule has 1 aliphatic heterocycles. The number of nitrogen functional groups attached to an aromatic ring is 1. The van der Waals surface area contributed by atoms with E-state index < -0.39 is 0 Å². The first-order chi connectivity index (χ1) is 12.7. The number of rotatable bonds is 4. The molecule has 1 aromatic carbocycles. The molecule has 0 radical (unpaired) electrons. The number of methoxy groups -OCH3 is 1. The zero-order valence-electron chi connectivity index (χ0n) is 14.9. The van der Waals surface area contributed by atoms with Crippen LogP contribution in [-0.4, -0.2) is 35.6 Å². The van der Waals surface area contributed by atoms with Crippen molar-refractivity contribution < 1.29 is 9.53 Å². The highest BCUT2D eigenvalue weighted by Gasteiger charge is 2.33. The number of aromatic nitrogens is 2. The number of nitrogens with one attached hydrogen (secondary N) is 1. The van der Waals surface area contributed by atoms with E-state index in [4.69, 9.17) is 10.5 Å². The van der Waals surface area contributed by atoms with Crippen LogP contribution in [0.15, 0.2) is 24.3 Å². The Balaban J connectivity index is 1.56. The van der Waals surface area contributed by atoms with Crippen LogP contribution in [0.4, 0.5) is 17.5 Å². The molecule has 2 heterocycles. The quantitative estimate of drug-likeness (QED) is 0.875. The first-order valence-corrected chi connectivity index (χ1v) is 9.01. The molecule has 3 N–H and O–H groups in total. The topological polar surface area (TPSA) is 93.4 Å². The fraction of sp³-hybridized carbons (Fsp3) is 0.421. The van der Waals surface area contributed by atoms with Crippen molar-refractivity contribution in [1.29, 1.82) is 0 Å². The van der Waals surface area contributed by atoms with Gasteiger partial charge in [0.05, 0.1) is 24.5 Å². The summed E-state index contributed by atoms with van der Waals surface area (Å²) in [6.45, 7) is 0.567. The van der Waals surface area contributed by atoms with E-state index in [0.717, 1.165) is 48.4 Å². The Morgan fingerprint density at radius 3 is 2.88 bits per heavy atom. The van der Waals surface area contributed by atoms with Crippen LogP contribution in [-0.2, 0) is 17.6 Å². The molecule has 7 heteroatoms. The Hall–Kier alpha value is -2.83. The van der Waals surface area contributed by atoms with Crippen molar-refractivity contribution in [2.45, 2.75) is 38.1 Å². The Morgan fingerprint density at radius 1 is 1.23 bits per heavy atom. The van der Waals surface area contributed by atoms with Crippen LogP contribution in [0.5, 0.6) is 5.75 Å². The maximum absolute atomic E-state index is 12.6. The summed E-state index contributed by atoms with van der Waals surface area (Å²) in [5.41, 5.74) is 8.87. The number of hydrogen-bond donors (Lipinski definition) is 2. The number of fused-ring (bicyclic) bond motifs is 1. The summed E-state index contributed by atoms with van der Waals surface area (Å²) in [4.78, 5) is 23.1. The summed E-state index contributed by atoms with van der Waals surface area (Å²) in [5.74, 6) is 1.85. The summed E-state index contributed by atoms with van der Waals surface area (Å²) in [5, 5.41) is 3.44. The number of amides is 1. The van der Waals surface area contributed by atoms with Gasteiger partial charge in [0.15, 0.2) is 0 Å². The second-order valence-electron chi connectivity index (χ2n) is 6.78. The van der Waals surface area contributed by atoms with Crippen molar-refractivity contribution in [3.63, 3.8) is 0 Å². The standard InChI is InChI=1S/C19H23N5O2/c1-26-16-9-5-4-8-15(16)24-11-12(10-17(24)25)21-18-13-6-2-3-7-14(13)22-19(20)23-18/h4-5,8-9,12H,2-3,6-7,10-11H2,1H3,(H3,20,21,22,23). The predicted molar refractivity (Wildman–Crippen MR) is 100 cm³/mol. The molecule has 1 amide bonds. The Kier molecular flexibility index (Phi) is 4.36. The van der Waals surface area contributed by atoms with E-state index in [1.165, 1.54) is 0 Å². The van der Waals surface area contributed by atoms with Crippen molar-refractivity contribution in [1.82, 2.24) is 9.97 Å². The highest BCUT2D eigenvalue weighted by Crippen LogP contribution is 2.33. The molecule has 0 spiro atoms. The van der Waals surface area contributed by atoms with E-state index >= 15 is 0 Å². The monoisotopic (exact) mass is 353 g/mol. The summed E-state index contributed by atoms with van der Waals surface area (Å²) in [7, 11) is 1.62. The van der Waals surface area contributed by atoms with Crippen LogP contribution in [0.2, 0.25) is 0 Å². The van der Waals surface area contributed by atoms with Crippen molar-refractivity contribution in [3.05, 3.63) is 35.5 Å². The van der Waals surface area contributed by atoms with Crippen LogP contribution < -0.4 is 20.7 Å². The van der Waals surface area contributed by atoms with Crippen LogP contribution in [0.25, 0.3) is 0 Å². The third-order valence-corrected chi connectivity index (χ3v) is 5.04. The Bertz CT molecular complexity index is 839. The van der Waals surface area contributed by atoms with Crippen LogP contribution in [0, 0.1) is 0 Å².